The number of rotatable bonds is 5. The van der Waals surface area contributed by atoms with Crippen molar-refractivity contribution in [3.05, 3.63) is 101 Å². The maximum atomic E-state index is 13.9. The summed E-state index contributed by atoms with van der Waals surface area (Å²) in [6, 6.07) is 21.2. The largest absolute Gasteiger partial charge is 0.392 e. The maximum Gasteiger partial charge on any atom is 0.243 e. The van der Waals surface area contributed by atoms with Crippen molar-refractivity contribution < 1.29 is 14.3 Å². The van der Waals surface area contributed by atoms with Crippen LogP contribution in [0.1, 0.15) is 28.2 Å². The van der Waals surface area contributed by atoms with E-state index in [1.807, 2.05) is 54.6 Å². The van der Waals surface area contributed by atoms with Gasteiger partial charge in [0.15, 0.2) is 0 Å². The lowest BCUT2D eigenvalue weighted by Crippen LogP contribution is -2.40. The molecule has 3 aromatic carbocycles. The van der Waals surface area contributed by atoms with Crippen LogP contribution < -0.4 is 10.6 Å². The van der Waals surface area contributed by atoms with Crippen LogP contribution in [-0.4, -0.2) is 17.1 Å². The molecule has 0 aromatic heterocycles. The summed E-state index contributed by atoms with van der Waals surface area (Å²) in [5, 5.41) is 15.5. The third-order valence-electron chi connectivity index (χ3n) is 5.07. The highest BCUT2D eigenvalue weighted by Gasteiger charge is 2.38. The van der Waals surface area contributed by atoms with Crippen molar-refractivity contribution in [1.82, 2.24) is 5.32 Å². The molecule has 4 rings (SSSR count). The lowest BCUT2D eigenvalue weighted by molar-refractivity contribution is -0.122. The number of nitrogens with one attached hydrogen (secondary N) is 2. The highest BCUT2D eigenvalue weighted by atomic mass is 19.1. The fourth-order valence-corrected chi connectivity index (χ4v) is 3.74. The number of amides is 1. The van der Waals surface area contributed by atoms with Crippen LogP contribution in [-0.2, 0) is 17.9 Å². The van der Waals surface area contributed by atoms with Crippen molar-refractivity contribution in [2.75, 3.05) is 5.32 Å². The molecule has 3 N–H and O–H groups in total. The number of hydrogen-bond donors (Lipinski definition) is 3. The van der Waals surface area contributed by atoms with Gasteiger partial charge in [-0.2, -0.15) is 0 Å². The fraction of sp³-hybridized carbons (Fsp3) is 0.174. The second kappa shape index (κ2) is 7.82. The van der Waals surface area contributed by atoms with E-state index in [-0.39, 0.29) is 24.2 Å². The highest BCUT2D eigenvalue weighted by molar-refractivity contribution is 5.89. The molecule has 0 bridgehead atoms. The Morgan fingerprint density at radius 3 is 2.57 bits per heavy atom. The average molecular weight is 376 g/mol. The smallest absolute Gasteiger partial charge is 0.243 e. The molecule has 0 spiro atoms. The zero-order valence-corrected chi connectivity index (χ0v) is 15.2. The molecule has 4 nitrogen and oxygen atoms in total. The predicted octanol–water partition coefficient (Wildman–Crippen LogP) is 3.56. The lowest BCUT2D eigenvalue weighted by atomic mass is 9.87. The molecule has 0 saturated heterocycles. The van der Waals surface area contributed by atoms with Gasteiger partial charge in [-0.15, -0.1) is 0 Å². The van der Waals surface area contributed by atoms with Gasteiger partial charge < -0.3 is 15.7 Å². The number of fused-ring (bicyclic) bond motifs is 1. The summed E-state index contributed by atoms with van der Waals surface area (Å²) >= 11 is 0. The van der Waals surface area contributed by atoms with Crippen LogP contribution in [0, 0.1) is 5.82 Å². The van der Waals surface area contributed by atoms with E-state index in [2.05, 4.69) is 10.6 Å². The first-order chi connectivity index (χ1) is 13.7. The molecule has 0 aliphatic carbocycles. The van der Waals surface area contributed by atoms with E-state index in [9.17, 15) is 14.3 Å². The minimum Gasteiger partial charge on any atom is -0.392 e. The van der Waals surface area contributed by atoms with Crippen molar-refractivity contribution >= 4 is 11.6 Å². The molecule has 1 aliphatic rings. The second-order valence-corrected chi connectivity index (χ2v) is 6.94. The van der Waals surface area contributed by atoms with Crippen LogP contribution in [0.25, 0.3) is 0 Å². The van der Waals surface area contributed by atoms with Gasteiger partial charge in [-0.05, 0) is 40.5 Å². The monoisotopic (exact) mass is 376 g/mol. The molecule has 142 valence electrons. The molecule has 1 heterocycles. The molecule has 0 radical (unpaired) electrons. The number of carbonyl (C=O) groups excluding carboxylic acids is 1. The van der Waals surface area contributed by atoms with E-state index >= 15 is 0 Å². The zero-order valence-electron chi connectivity index (χ0n) is 15.2. The topological polar surface area (TPSA) is 61.4 Å². The molecule has 3 aromatic rings. The normalized spacial score (nSPS) is 17.6. The molecular weight excluding hydrogens is 355 g/mol. The van der Waals surface area contributed by atoms with Gasteiger partial charge in [0, 0.05) is 18.2 Å². The van der Waals surface area contributed by atoms with Crippen LogP contribution in [0.4, 0.5) is 10.1 Å². The molecule has 1 amide bonds. The van der Waals surface area contributed by atoms with E-state index in [0.29, 0.717) is 6.54 Å². The lowest BCUT2D eigenvalue weighted by Gasteiger charge is -2.20. The number of anilines is 1. The van der Waals surface area contributed by atoms with E-state index in [1.54, 1.807) is 6.07 Å². The van der Waals surface area contributed by atoms with E-state index in [1.165, 1.54) is 12.1 Å². The van der Waals surface area contributed by atoms with E-state index < -0.39 is 6.04 Å². The van der Waals surface area contributed by atoms with Crippen molar-refractivity contribution in [2.45, 2.75) is 25.1 Å². The average Bonchev–Trinajstić information content (AvgIpc) is 3.11. The van der Waals surface area contributed by atoms with Gasteiger partial charge in [0.05, 0.1) is 6.61 Å². The fourth-order valence-electron chi connectivity index (χ4n) is 3.74. The Morgan fingerprint density at radius 2 is 1.79 bits per heavy atom. The summed E-state index contributed by atoms with van der Waals surface area (Å²) in [7, 11) is 0. The van der Waals surface area contributed by atoms with E-state index in [4.69, 9.17) is 0 Å². The molecule has 0 fully saturated rings. The first kappa shape index (κ1) is 18.2. The van der Waals surface area contributed by atoms with Crippen LogP contribution in [0.5, 0.6) is 0 Å². The number of aliphatic hydroxyl groups is 1. The second-order valence-electron chi connectivity index (χ2n) is 6.94. The van der Waals surface area contributed by atoms with Gasteiger partial charge >= 0.3 is 0 Å². The highest BCUT2D eigenvalue weighted by Crippen LogP contribution is 2.40. The maximum absolute atomic E-state index is 13.9. The number of aliphatic hydroxyl groups excluding tert-OH is 1. The Bertz CT molecular complexity index is 991. The number of hydrogen-bond acceptors (Lipinski definition) is 3. The summed E-state index contributed by atoms with van der Waals surface area (Å²) in [5.41, 5.74) is 4.24. The molecule has 28 heavy (non-hydrogen) atoms. The minimum atomic E-state index is -0.528. The SMILES string of the molecule is O=C(NCc1cccc(CO)c1)C1Nc2ccc(F)cc2C1c1ccccc1. The quantitative estimate of drug-likeness (QED) is 0.638. The first-order valence-corrected chi connectivity index (χ1v) is 9.23. The van der Waals surface area contributed by atoms with Gasteiger partial charge in [-0.3, -0.25) is 4.79 Å². The van der Waals surface area contributed by atoms with Crippen molar-refractivity contribution in [1.29, 1.82) is 0 Å². The van der Waals surface area contributed by atoms with Crippen LogP contribution in [0.15, 0.2) is 72.8 Å². The van der Waals surface area contributed by atoms with Crippen LogP contribution in [0.2, 0.25) is 0 Å². The summed E-state index contributed by atoms with van der Waals surface area (Å²) in [6.07, 6.45) is 0. The Kier molecular flexibility index (Phi) is 5.08. The van der Waals surface area contributed by atoms with Crippen molar-refractivity contribution in [3.63, 3.8) is 0 Å². The van der Waals surface area contributed by atoms with Crippen LogP contribution >= 0.6 is 0 Å². The first-order valence-electron chi connectivity index (χ1n) is 9.23. The van der Waals surface area contributed by atoms with Gasteiger partial charge in [-0.25, -0.2) is 4.39 Å². The zero-order chi connectivity index (χ0) is 19.5. The summed E-state index contributed by atoms with van der Waals surface area (Å²) in [6.45, 7) is 0.319. The summed E-state index contributed by atoms with van der Waals surface area (Å²) in [5.74, 6) is -0.737. The molecule has 2 atom stereocenters. The predicted molar refractivity (Wildman–Crippen MR) is 106 cm³/mol. The third kappa shape index (κ3) is 3.62. The molecule has 1 aliphatic heterocycles. The molecule has 0 saturated carbocycles. The van der Waals surface area contributed by atoms with Gasteiger partial charge in [0.1, 0.15) is 11.9 Å². The Hall–Kier alpha value is -3.18. The Morgan fingerprint density at radius 1 is 1.00 bits per heavy atom. The van der Waals surface area contributed by atoms with Crippen LogP contribution in [0.3, 0.4) is 0 Å². The summed E-state index contributed by atoms with van der Waals surface area (Å²) < 4.78 is 13.9. The van der Waals surface area contributed by atoms with Crippen molar-refractivity contribution in [2.24, 2.45) is 0 Å². The molecule has 5 heteroatoms. The minimum absolute atomic E-state index is 0.0388. The van der Waals surface area contributed by atoms with Gasteiger partial charge in [0.2, 0.25) is 5.91 Å². The standard InChI is InChI=1S/C23H21FN2O2/c24-18-9-10-20-19(12-18)21(17-7-2-1-3-8-17)22(26-20)23(28)25-13-15-5-4-6-16(11-15)14-27/h1-12,21-22,26-27H,13-14H2,(H,25,28). The Labute approximate surface area is 163 Å². The third-order valence-corrected chi connectivity index (χ3v) is 5.07. The van der Waals surface area contributed by atoms with Crippen molar-refractivity contribution in [3.8, 4) is 0 Å². The summed E-state index contributed by atoms with van der Waals surface area (Å²) in [4.78, 5) is 13.0. The molecular formula is C23H21FN2O2. The Balaban J connectivity index is 1.58. The van der Waals surface area contributed by atoms with Gasteiger partial charge in [0.25, 0.3) is 0 Å². The molecule has 2 unspecified atom stereocenters. The van der Waals surface area contributed by atoms with E-state index in [0.717, 1.165) is 27.9 Å². The number of carbonyl (C=O) groups is 1. The van der Waals surface area contributed by atoms with Gasteiger partial charge in [-0.1, -0.05) is 54.6 Å². The number of halogens is 1. The number of benzene rings is 3.